The average molecular weight is 367 g/mol. The fourth-order valence-corrected chi connectivity index (χ4v) is 4.09. The Morgan fingerprint density at radius 1 is 0.462 bits per heavy atom. The quantitative estimate of drug-likeness (QED) is 0.348. The van der Waals surface area contributed by atoms with E-state index in [2.05, 4.69) is 45.2 Å². The third-order valence-electron chi connectivity index (χ3n) is 3.84. The molecule has 0 saturated heterocycles. The predicted molar refractivity (Wildman–Crippen MR) is 112 cm³/mol. The summed E-state index contributed by atoms with van der Waals surface area (Å²) in [6, 6.07) is 20.2. The van der Waals surface area contributed by atoms with E-state index in [0.29, 0.717) is 0 Å². The Kier molecular flexibility index (Phi) is 4.99. The SMILES string of the molecule is C(#Cc1cscc1-c1cscc1C#Cc1ccccc1)c1ccccc1. The Labute approximate surface area is 161 Å². The van der Waals surface area contributed by atoms with E-state index in [1.807, 2.05) is 60.7 Å². The summed E-state index contributed by atoms with van der Waals surface area (Å²) in [6.07, 6.45) is 0. The Morgan fingerprint density at radius 2 is 0.885 bits per heavy atom. The molecule has 0 aliphatic rings. The first-order valence-electron chi connectivity index (χ1n) is 8.17. The molecule has 26 heavy (non-hydrogen) atoms. The topological polar surface area (TPSA) is 0 Å². The van der Waals surface area contributed by atoms with Gasteiger partial charge < -0.3 is 0 Å². The number of hydrogen-bond acceptors (Lipinski definition) is 2. The minimum Gasteiger partial charge on any atom is -0.150 e. The van der Waals surface area contributed by atoms with Crippen LogP contribution in [0.1, 0.15) is 22.3 Å². The van der Waals surface area contributed by atoms with Gasteiger partial charge in [-0.2, -0.15) is 22.7 Å². The Bertz CT molecular complexity index is 1030. The molecule has 0 aliphatic carbocycles. The van der Waals surface area contributed by atoms with Gasteiger partial charge in [0.25, 0.3) is 0 Å². The van der Waals surface area contributed by atoms with Crippen LogP contribution in [-0.2, 0) is 0 Å². The molecule has 0 nitrogen and oxygen atoms in total. The molecule has 0 N–H and O–H groups in total. The van der Waals surface area contributed by atoms with Gasteiger partial charge in [0.05, 0.1) is 0 Å². The standard InChI is InChI=1S/C24H14S2/c1-3-7-19(8-4-1)11-13-21-15-25-17-23(21)24-18-26-16-22(24)14-12-20-9-5-2-6-10-20/h1-10,15-18H. The second-order valence-corrected chi connectivity index (χ2v) is 7.12. The van der Waals surface area contributed by atoms with Gasteiger partial charge in [-0.1, -0.05) is 60.1 Å². The molecule has 0 aliphatic heterocycles. The lowest BCUT2D eigenvalue weighted by molar-refractivity contribution is 1.64. The van der Waals surface area contributed by atoms with Crippen LogP contribution in [0.2, 0.25) is 0 Å². The van der Waals surface area contributed by atoms with E-state index in [4.69, 9.17) is 0 Å². The lowest BCUT2D eigenvalue weighted by atomic mass is 10.0. The summed E-state index contributed by atoms with van der Waals surface area (Å²) >= 11 is 3.35. The number of rotatable bonds is 1. The Hall–Kier alpha value is -3.04. The molecule has 2 heteroatoms. The van der Waals surface area contributed by atoms with Gasteiger partial charge in [0.15, 0.2) is 0 Å². The third-order valence-corrected chi connectivity index (χ3v) is 5.33. The molecule has 122 valence electrons. The van der Waals surface area contributed by atoms with Crippen LogP contribution in [0.15, 0.2) is 82.2 Å². The van der Waals surface area contributed by atoms with Gasteiger partial charge >= 0.3 is 0 Å². The summed E-state index contributed by atoms with van der Waals surface area (Å²) in [4.78, 5) is 0. The van der Waals surface area contributed by atoms with Gasteiger partial charge in [-0.25, -0.2) is 0 Å². The number of benzene rings is 2. The maximum atomic E-state index is 3.32. The van der Waals surface area contributed by atoms with Crippen LogP contribution in [0.4, 0.5) is 0 Å². The van der Waals surface area contributed by atoms with E-state index in [0.717, 1.165) is 33.4 Å². The molecular weight excluding hydrogens is 352 g/mol. The van der Waals surface area contributed by atoms with Crippen LogP contribution >= 0.6 is 22.7 Å². The lowest BCUT2D eigenvalue weighted by Gasteiger charge is -1.97. The minimum atomic E-state index is 1.03. The average Bonchev–Trinajstić information content (AvgIpc) is 3.35. The molecule has 2 aromatic carbocycles. The zero-order valence-corrected chi connectivity index (χ0v) is 15.5. The van der Waals surface area contributed by atoms with Crippen LogP contribution in [0.25, 0.3) is 11.1 Å². The van der Waals surface area contributed by atoms with Gasteiger partial charge in [0.1, 0.15) is 0 Å². The maximum absolute atomic E-state index is 3.32. The van der Waals surface area contributed by atoms with Gasteiger partial charge in [-0.15, -0.1) is 0 Å². The van der Waals surface area contributed by atoms with Crippen molar-refractivity contribution in [2.75, 3.05) is 0 Å². The highest BCUT2D eigenvalue weighted by Gasteiger charge is 2.09. The van der Waals surface area contributed by atoms with Gasteiger partial charge in [0, 0.05) is 44.1 Å². The van der Waals surface area contributed by atoms with Crippen molar-refractivity contribution in [2.45, 2.75) is 0 Å². The van der Waals surface area contributed by atoms with E-state index in [1.165, 1.54) is 0 Å². The van der Waals surface area contributed by atoms with Crippen molar-refractivity contribution < 1.29 is 0 Å². The normalized spacial score (nSPS) is 9.69. The zero-order chi connectivity index (χ0) is 17.6. The third kappa shape index (κ3) is 3.79. The fraction of sp³-hybridized carbons (Fsp3) is 0. The van der Waals surface area contributed by atoms with E-state index in [-0.39, 0.29) is 0 Å². The second kappa shape index (κ2) is 7.89. The summed E-state index contributed by atoms with van der Waals surface area (Å²) in [5, 5.41) is 8.53. The molecule has 0 saturated carbocycles. The number of thiophene rings is 2. The second-order valence-electron chi connectivity index (χ2n) is 5.63. The number of hydrogen-bond donors (Lipinski definition) is 0. The molecule has 0 fully saturated rings. The smallest absolute Gasteiger partial charge is 0.0435 e. The summed E-state index contributed by atoms with van der Waals surface area (Å²) in [5.41, 5.74) is 6.49. The van der Waals surface area contributed by atoms with Crippen LogP contribution in [-0.4, -0.2) is 0 Å². The molecule has 4 aromatic rings. The highest BCUT2D eigenvalue weighted by Crippen LogP contribution is 2.32. The first-order chi connectivity index (χ1) is 12.9. The van der Waals surface area contributed by atoms with Gasteiger partial charge in [0.2, 0.25) is 0 Å². The van der Waals surface area contributed by atoms with E-state index >= 15 is 0 Å². The van der Waals surface area contributed by atoms with Crippen molar-refractivity contribution in [3.8, 4) is 34.8 Å². The molecule has 0 amide bonds. The summed E-state index contributed by atoms with van der Waals surface area (Å²) in [5.74, 6) is 13.1. The van der Waals surface area contributed by atoms with Crippen molar-refractivity contribution >= 4 is 22.7 Å². The highest BCUT2D eigenvalue weighted by molar-refractivity contribution is 7.09. The molecule has 0 atom stereocenters. The molecule has 0 radical (unpaired) electrons. The fourth-order valence-electron chi connectivity index (χ4n) is 2.53. The zero-order valence-electron chi connectivity index (χ0n) is 13.9. The molecule has 0 spiro atoms. The van der Waals surface area contributed by atoms with E-state index in [1.54, 1.807) is 22.7 Å². The summed E-state index contributed by atoms with van der Waals surface area (Å²) in [6.45, 7) is 0. The van der Waals surface area contributed by atoms with Gasteiger partial charge in [-0.05, 0) is 35.0 Å². The van der Waals surface area contributed by atoms with Crippen molar-refractivity contribution in [1.82, 2.24) is 0 Å². The molecule has 2 aromatic heterocycles. The first-order valence-corrected chi connectivity index (χ1v) is 10.1. The lowest BCUT2D eigenvalue weighted by Crippen LogP contribution is -1.81. The Balaban J connectivity index is 1.67. The molecule has 2 heterocycles. The van der Waals surface area contributed by atoms with Crippen molar-refractivity contribution in [2.24, 2.45) is 0 Å². The molecule has 0 unspecified atom stereocenters. The van der Waals surface area contributed by atoms with Crippen LogP contribution in [0.5, 0.6) is 0 Å². The van der Waals surface area contributed by atoms with E-state index < -0.39 is 0 Å². The van der Waals surface area contributed by atoms with Crippen molar-refractivity contribution in [3.63, 3.8) is 0 Å². The highest BCUT2D eigenvalue weighted by atomic mass is 32.1. The summed E-state index contributed by atoms with van der Waals surface area (Å²) < 4.78 is 0. The minimum absolute atomic E-state index is 1.03. The van der Waals surface area contributed by atoms with Crippen molar-refractivity contribution in [3.05, 3.63) is 104 Å². The van der Waals surface area contributed by atoms with Crippen LogP contribution in [0.3, 0.4) is 0 Å². The Morgan fingerprint density at radius 3 is 1.31 bits per heavy atom. The van der Waals surface area contributed by atoms with Gasteiger partial charge in [-0.3, -0.25) is 0 Å². The van der Waals surface area contributed by atoms with Crippen LogP contribution < -0.4 is 0 Å². The maximum Gasteiger partial charge on any atom is 0.0435 e. The summed E-state index contributed by atoms with van der Waals surface area (Å²) in [7, 11) is 0. The largest absolute Gasteiger partial charge is 0.150 e. The van der Waals surface area contributed by atoms with Crippen molar-refractivity contribution in [1.29, 1.82) is 0 Å². The first kappa shape index (κ1) is 16.4. The predicted octanol–water partition coefficient (Wildman–Crippen LogP) is 6.28. The van der Waals surface area contributed by atoms with Crippen LogP contribution in [0, 0.1) is 23.7 Å². The monoisotopic (exact) mass is 366 g/mol. The molecule has 4 rings (SSSR count). The molecular formula is C24H14S2. The molecule has 0 bridgehead atoms. The van der Waals surface area contributed by atoms with E-state index in [9.17, 15) is 0 Å².